The van der Waals surface area contributed by atoms with Crippen LogP contribution < -0.4 is 5.69 Å². The molecule has 0 aliphatic heterocycles. The van der Waals surface area contributed by atoms with Crippen LogP contribution in [0.1, 0.15) is 20.8 Å². The lowest BCUT2D eigenvalue weighted by atomic mass is 9.92. The molecule has 0 unspecified atom stereocenters. The van der Waals surface area contributed by atoms with Crippen LogP contribution in [0.15, 0.2) is 34.1 Å². The third-order valence-corrected chi connectivity index (χ3v) is 3.77. The fourth-order valence-corrected chi connectivity index (χ4v) is 2.72. The van der Waals surface area contributed by atoms with Gasteiger partial charge in [-0.15, -0.1) is 0 Å². The van der Waals surface area contributed by atoms with Gasteiger partial charge in [0.1, 0.15) is 10.8 Å². The molecule has 2 rings (SSSR count). The first kappa shape index (κ1) is 13.8. The first-order valence-corrected chi connectivity index (χ1v) is 7.01. The highest BCUT2D eigenvalue weighted by Gasteiger charge is 2.21. The summed E-state index contributed by atoms with van der Waals surface area (Å²) in [6.45, 7) is 5.66. The van der Waals surface area contributed by atoms with Crippen molar-refractivity contribution in [2.45, 2.75) is 25.8 Å². The maximum atomic E-state index is 11.9. The first-order chi connectivity index (χ1) is 8.88. The lowest BCUT2D eigenvalue weighted by molar-refractivity contribution is -0.123. The van der Waals surface area contributed by atoms with E-state index < -0.39 is 0 Å². The number of benzene rings is 1. The van der Waals surface area contributed by atoms with Gasteiger partial charge in [-0.1, -0.05) is 50.7 Å². The van der Waals surface area contributed by atoms with Crippen molar-refractivity contribution in [1.82, 2.24) is 9.97 Å². The van der Waals surface area contributed by atoms with E-state index in [9.17, 15) is 9.59 Å². The summed E-state index contributed by atoms with van der Waals surface area (Å²) in [4.78, 5) is 30.0. The fourth-order valence-electron chi connectivity index (χ4n) is 1.53. The third kappa shape index (κ3) is 3.23. The Hall–Kier alpha value is -1.62. The number of aromatic nitrogens is 2. The minimum Gasteiger partial charge on any atom is -0.305 e. The van der Waals surface area contributed by atoms with Crippen molar-refractivity contribution < 1.29 is 4.79 Å². The van der Waals surface area contributed by atoms with Gasteiger partial charge < -0.3 is 4.98 Å². The molecule has 19 heavy (non-hydrogen) atoms. The van der Waals surface area contributed by atoms with E-state index in [2.05, 4.69) is 9.97 Å². The number of nitrogens with one attached hydrogen (secondary N) is 1. The normalized spacial score (nSPS) is 11.7. The van der Waals surface area contributed by atoms with Gasteiger partial charge in [0.25, 0.3) is 0 Å². The second-order valence-electron chi connectivity index (χ2n) is 5.35. The van der Waals surface area contributed by atoms with E-state index in [1.54, 1.807) is 0 Å². The van der Waals surface area contributed by atoms with Gasteiger partial charge in [0.15, 0.2) is 0 Å². The number of hydrogen-bond donors (Lipinski definition) is 1. The van der Waals surface area contributed by atoms with Crippen LogP contribution in [0.5, 0.6) is 0 Å². The van der Waals surface area contributed by atoms with Crippen LogP contribution in [0.2, 0.25) is 0 Å². The van der Waals surface area contributed by atoms with Gasteiger partial charge in [0, 0.05) is 10.8 Å². The van der Waals surface area contributed by atoms with Gasteiger partial charge >= 0.3 is 5.69 Å². The zero-order valence-electron chi connectivity index (χ0n) is 11.2. The summed E-state index contributed by atoms with van der Waals surface area (Å²) in [6, 6.07) is 7.46. The maximum absolute atomic E-state index is 11.9. The number of rotatable bonds is 3. The number of ketones is 1. The lowest BCUT2D eigenvalue weighted by Crippen LogP contribution is -2.22. The molecule has 0 bridgehead atoms. The molecule has 0 atom stereocenters. The average molecular weight is 276 g/mol. The number of aromatic amines is 1. The van der Waals surface area contributed by atoms with Crippen molar-refractivity contribution in [1.29, 1.82) is 0 Å². The zero-order valence-corrected chi connectivity index (χ0v) is 12.0. The Bertz CT molecular complexity index is 671. The molecule has 0 fully saturated rings. The van der Waals surface area contributed by atoms with E-state index >= 15 is 0 Å². The van der Waals surface area contributed by atoms with E-state index in [4.69, 9.17) is 0 Å². The Morgan fingerprint density at radius 3 is 2.68 bits per heavy atom. The summed E-state index contributed by atoms with van der Waals surface area (Å²) in [5.41, 5.74) is -0.0121. The van der Waals surface area contributed by atoms with E-state index in [0.717, 1.165) is 10.9 Å². The molecule has 1 N–H and O–H groups in total. The largest absolute Gasteiger partial charge is 0.346 e. The van der Waals surface area contributed by atoms with Gasteiger partial charge in [-0.25, -0.2) is 4.79 Å². The first-order valence-electron chi connectivity index (χ1n) is 6.03. The van der Waals surface area contributed by atoms with E-state index in [0.29, 0.717) is 10.8 Å². The van der Waals surface area contributed by atoms with E-state index in [-0.39, 0.29) is 16.9 Å². The number of para-hydroxylation sites is 1. The van der Waals surface area contributed by atoms with Gasteiger partial charge in [-0.2, -0.15) is 4.98 Å². The molecule has 2 aromatic rings. The molecule has 1 aromatic carbocycles. The number of hydrogen-bond acceptors (Lipinski definition) is 4. The van der Waals surface area contributed by atoms with Crippen molar-refractivity contribution in [3.63, 3.8) is 0 Å². The monoisotopic (exact) mass is 276 g/mol. The van der Waals surface area contributed by atoms with Gasteiger partial charge in [-0.3, -0.25) is 4.79 Å². The highest BCUT2D eigenvalue weighted by Crippen LogP contribution is 2.26. The molecule has 0 amide bonds. The molecule has 0 aliphatic carbocycles. The number of thioether (sulfide) groups is 1. The minimum absolute atomic E-state index is 0.142. The number of nitrogens with zero attached hydrogens (tertiary/aromatic N) is 1. The molecule has 0 spiro atoms. The van der Waals surface area contributed by atoms with Crippen molar-refractivity contribution in [3.05, 3.63) is 34.7 Å². The third-order valence-electron chi connectivity index (χ3n) is 2.78. The quantitative estimate of drug-likeness (QED) is 0.691. The Balaban J connectivity index is 2.31. The van der Waals surface area contributed by atoms with Gasteiger partial charge in [-0.05, 0) is 6.07 Å². The number of Topliss-reactive ketones (excluding diaryl/α,β-unsaturated/α-hetero) is 1. The van der Waals surface area contributed by atoms with Crippen LogP contribution in [0.4, 0.5) is 0 Å². The van der Waals surface area contributed by atoms with E-state index in [1.807, 2.05) is 45.0 Å². The van der Waals surface area contributed by atoms with Crippen LogP contribution in [-0.4, -0.2) is 21.5 Å². The van der Waals surface area contributed by atoms with Crippen molar-refractivity contribution in [2.24, 2.45) is 5.41 Å². The summed E-state index contributed by atoms with van der Waals surface area (Å²) in [6.07, 6.45) is 0. The zero-order chi connectivity index (χ0) is 14.0. The summed E-state index contributed by atoms with van der Waals surface area (Å²) in [5, 5.41) is 1.48. The smallest absolute Gasteiger partial charge is 0.305 e. The molecule has 0 radical (unpaired) electrons. The second-order valence-corrected chi connectivity index (χ2v) is 6.32. The molecule has 0 saturated heterocycles. The van der Waals surface area contributed by atoms with Crippen molar-refractivity contribution in [3.8, 4) is 0 Å². The predicted octanol–water partition coefficient (Wildman–Crippen LogP) is 2.63. The van der Waals surface area contributed by atoms with E-state index in [1.165, 1.54) is 11.8 Å². The molecular formula is C14H16N2O2S. The average Bonchev–Trinajstić information content (AvgIpc) is 2.34. The second kappa shape index (κ2) is 5.17. The van der Waals surface area contributed by atoms with Gasteiger partial charge in [0.05, 0.1) is 11.3 Å². The van der Waals surface area contributed by atoms with Crippen LogP contribution in [0.3, 0.4) is 0 Å². The number of carbonyl (C=O) groups excluding carboxylic acids is 1. The summed E-state index contributed by atoms with van der Waals surface area (Å²) < 4.78 is 0. The summed E-state index contributed by atoms with van der Waals surface area (Å²) in [7, 11) is 0. The van der Waals surface area contributed by atoms with Gasteiger partial charge in [0.2, 0.25) is 0 Å². The fraction of sp³-hybridized carbons (Fsp3) is 0.357. The lowest BCUT2D eigenvalue weighted by Gasteiger charge is -2.15. The highest BCUT2D eigenvalue weighted by atomic mass is 32.2. The molecule has 0 saturated carbocycles. The predicted molar refractivity (Wildman–Crippen MR) is 77.5 cm³/mol. The van der Waals surface area contributed by atoms with Crippen LogP contribution >= 0.6 is 11.8 Å². The Morgan fingerprint density at radius 2 is 2.00 bits per heavy atom. The highest BCUT2D eigenvalue weighted by molar-refractivity contribution is 8.00. The van der Waals surface area contributed by atoms with Crippen molar-refractivity contribution >= 4 is 28.4 Å². The molecule has 100 valence electrons. The molecule has 1 aromatic heterocycles. The summed E-state index contributed by atoms with van der Waals surface area (Å²) >= 11 is 1.32. The molecule has 4 nitrogen and oxygen atoms in total. The number of fused-ring (bicyclic) bond motifs is 1. The molecule has 0 aliphatic rings. The Morgan fingerprint density at radius 1 is 1.32 bits per heavy atom. The molecule has 1 heterocycles. The SMILES string of the molecule is CC(C)(C)C(=O)CSc1nc(=O)[nH]c2ccccc12. The number of carbonyl (C=O) groups is 1. The summed E-state index contributed by atoms with van der Waals surface area (Å²) in [5.74, 6) is 0.466. The topological polar surface area (TPSA) is 62.8 Å². The van der Waals surface area contributed by atoms with Crippen molar-refractivity contribution in [2.75, 3.05) is 5.75 Å². The van der Waals surface area contributed by atoms with Crippen LogP contribution in [0.25, 0.3) is 10.9 Å². The Labute approximate surface area is 115 Å². The van der Waals surface area contributed by atoms with Crippen LogP contribution in [0, 0.1) is 5.41 Å². The molecule has 5 heteroatoms. The van der Waals surface area contributed by atoms with Crippen LogP contribution in [-0.2, 0) is 4.79 Å². The standard InChI is InChI=1S/C14H16N2O2S/c1-14(2,3)11(17)8-19-12-9-6-4-5-7-10(9)15-13(18)16-12/h4-7H,8H2,1-3H3,(H,15,16,18). The minimum atomic E-state index is -0.385. The number of H-pyrrole nitrogens is 1. The molecular weight excluding hydrogens is 260 g/mol. The maximum Gasteiger partial charge on any atom is 0.346 e. The Kier molecular flexibility index (Phi) is 3.75.